The van der Waals surface area contributed by atoms with Crippen molar-refractivity contribution in [1.82, 2.24) is 4.98 Å². The van der Waals surface area contributed by atoms with Crippen molar-refractivity contribution in [3.63, 3.8) is 0 Å². The molecule has 30 heavy (non-hydrogen) atoms. The molecule has 0 spiro atoms. The Morgan fingerprint density at radius 3 is 2.63 bits per heavy atom. The fourth-order valence-corrected chi connectivity index (χ4v) is 5.07. The first-order chi connectivity index (χ1) is 14.3. The summed E-state index contributed by atoms with van der Waals surface area (Å²) >= 11 is 1.45. The number of amides is 1. The third kappa shape index (κ3) is 4.88. The van der Waals surface area contributed by atoms with Crippen molar-refractivity contribution in [2.75, 3.05) is 34.3 Å². The first-order valence-corrected chi connectivity index (χ1v) is 12.2. The monoisotopic (exact) mass is 448 g/mol. The lowest BCUT2D eigenvalue weighted by Crippen LogP contribution is -2.38. The van der Waals surface area contributed by atoms with Crippen molar-refractivity contribution in [3.05, 3.63) is 48.3 Å². The molecule has 0 bridgehead atoms. The normalized spacial score (nSPS) is 15.3. The number of sulfonamides is 1. The Balaban J connectivity index is 1.36. The smallest absolute Gasteiger partial charge is 0.229 e. The summed E-state index contributed by atoms with van der Waals surface area (Å²) in [6.45, 7) is 1.38. The maximum absolute atomic E-state index is 13.4. The number of nitrogens with one attached hydrogen (secondary N) is 2. The molecule has 0 radical (unpaired) electrons. The molecular formula is C20H21FN4O3S2. The lowest BCUT2D eigenvalue weighted by atomic mass is 9.96. The van der Waals surface area contributed by atoms with Gasteiger partial charge in [-0.1, -0.05) is 17.4 Å². The predicted octanol–water partition coefficient (Wildman–Crippen LogP) is 3.66. The summed E-state index contributed by atoms with van der Waals surface area (Å²) in [6, 6.07) is 11.2. The molecule has 1 aliphatic heterocycles. The average Bonchev–Trinajstić information content (AvgIpc) is 3.10. The van der Waals surface area contributed by atoms with E-state index in [1.54, 1.807) is 30.3 Å². The lowest BCUT2D eigenvalue weighted by molar-refractivity contribution is -0.120. The van der Waals surface area contributed by atoms with E-state index >= 15 is 0 Å². The van der Waals surface area contributed by atoms with Crippen LogP contribution in [0.25, 0.3) is 10.2 Å². The third-order valence-corrected chi connectivity index (χ3v) is 6.59. The summed E-state index contributed by atoms with van der Waals surface area (Å²) in [4.78, 5) is 19.4. The van der Waals surface area contributed by atoms with Gasteiger partial charge in [0, 0.05) is 24.7 Å². The number of hydrogen-bond donors (Lipinski definition) is 2. The maximum Gasteiger partial charge on any atom is 0.229 e. The van der Waals surface area contributed by atoms with Crippen molar-refractivity contribution < 1.29 is 17.6 Å². The number of benzene rings is 2. The summed E-state index contributed by atoms with van der Waals surface area (Å²) < 4.78 is 39.4. The number of nitrogens with zero attached hydrogens (tertiary/aromatic N) is 2. The van der Waals surface area contributed by atoms with E-state index in [1.807, 2.05) is 0 Å². The number of fused-ring (bicyclic) bond motifs is 1. The van der Waals surface area contributed by atoms with E-state index in [-0.39, 0.29) is 17.6 Å². The van der Waals surface area contributed by atoms with Crippen molar-refractivity contribution >= 4 is 54.0 Å². The molecule has 1 saturated heterocycles. The molecule has 0 saturated carbocycles. The van der Waals surface area contributed by atoms with Crippen molar-refractivity contribution in [2.45, 2.75) is 12.8 Å². The van der Waals surface area contributed by atoms with Crippen LogP contribution in [0.15, 0.2) is 42.5 Å². The lowest BCUT2D eigenvalue weighted by Gasteiger charge is -2.31. The van der Waals surface area contributed by atoms with Crippen LogP contribution in [0.1, 0.15) is 12.8 Å². The van der Waals surface area contributed by atoms with Crippen LogP contribution in [-0.2, 0) is 14.8 Å². The molecule has 1 aromatic heterocycles. The molecule has 10 heteroatoms. The number of carbonyl (C=O) groups is 1. The van der Waals surface area contributed by atoms with E-state index in [2.05, 4.69) is 19.9 Å². The minimum atomic E-state index is -3.38. The maximum atomic E-state index is 13.4. The summed E-state index contributed by atoms with van der Waals surface area (Å²) in [5.41, 5.74) is 1.72. The number of aromatic nitrogens is 1. The molecule has 158 valence electrons. The molecular weight excluding hydrogens is 427 g/mol. The molecule has 1 fully saturated rings. The number of anilines is 3. The van der Waals surface area contributed by atoms with Gasteiger partial charge in [-0.25, -0.2) is 17.8 Å². The van der Waals surface area contributed by atoms with Crippen LogP contribution in [0.2, 0.25) is 0 Å². The molecule has 0 atom stereocenters. The van der Waals surface area contributed by atoms with Crippen LogP contribution in [-0.4, -0.2) is 38.7 Å². The molecule has 0 aliphatic carbocycles. The van der Waals surface area contributed by atoms with Gasteiger partial charge in [0.15, 0.2) is 5.13 Å². The Morgan fingerprint density at radius 2 is 1.90 bits per heavy atom. The number of carbonyl (C=O) groups excluding carboxylic acids is 1. The molecule has 4 rings (SSSR count). The van der Waals surface area contributed by atoms with Crippen LogP contribution in [0.4, 0.5) is 20.9 Å². The van der Waals surface area contributed by atoms with Crippen LogP contribution in [0.5, 0.6) is 0 Å². The summed E-state index contributed by atoms with van der Waals surface area (Å²) in [6.07, 6.45) is 2.43. The van der Waals surface area contributed by atoms with Crippen LogP contribution >= 0.6 is 11.3 Å². The number of thiazole rings is 1. The van der Waals surface area contributed by atoms with Gasteiger partial charge in [-0.2, -0.15) is 0 Å². The van der Waals surface area contributed by atoms with E-state index in [0.29, 0.717) is 37.3 Å². The number of hydrogen-bond acceptors (Lipinski definition) is 6. The Kier molecular flexibility index (Phi) is 5.61. The summed E-state index contributed by atoms with van der Waals surface area (Å²) in [5.74, 6) is -0.499. The fourth-order valence-electron chi connectivity index (χ4n) is 3.47. The molecule has 0 unspecified atom stereocenters. The quantitative estimate of drug-likeness (QED) is 0.622. The van der Waals surface area contributed by atoms with Gasteiger partial charge in [0.1, 0.15) is 5.82 Å². The van der Waals surface area contributed by atoms with Crippen LogP contribution in [0, 0.1) is 11.7 Å². The second-order valence-corrected chi connectivity index (χ2v) is 10.1. The highest BCUT2D eigenvalue weighted by molar-refractivity contribution is 7.92. The van der Waals surface area contributed by atoms with E-state index in [9.17, 15) is 17.6 Å². The van der Waals surface area contributed by atoms with Crippen molar-refractivity contribution in [2.24, 2.45) is 5.92 Å². The van der Waals surface area contributed by atoms with E-state index in [0.717, 1.165) is 21.6 Å². The van der Waals surface area contributed by atoms with Gasteiger partial charge in [0.05, 0.1) is 22.2 Å². The fraction of sp³-hybridized carbons (Fsp3) is 0.300. The Labute approximate surface area is 178 Å². The molecule has 2 heterocycles. The standard InChI is InChI=1S/C20H21FN4O3S2/c1-30(27,28)24-16-4-2-3-15(12-16)22-19(26)13-7-9-25(10-8-13)20-23-17-6-5-14(21)11-18(17)29-20/h2-6,11-13,24H,7-10H2,1H3,(H,22,26). The van der Waals surface area contributed by atoms with Gasteiger partial charge in [-0.3, -0.25) is 9.52 Å². The van der Waals surface area contributed by atoms with Crippen molar-refractivity contribution in [3.8, 4) is 0 Å². The molecule has 1 aliphatic rings. The Hall–Kier alpha value is -2.72. The first-order valence-electron chi connectivity index (χ1n) is 9.46. The van der Waals surface area contributed by atoms with Gasteiger partial charge < -0.3 is 10.2 Å². The minimum Gasteiger partial charge on any atom is -0.348 e. The van der Waals surface area contributed by atoms with E-state index in [4.69, 9.17) is 0 Å². The topological polar surface area (TPSA) is 91.4 Å². The van der Waals surface area contributed by atoms with E-state index < -0.39 is 10.0 Å². The predicted molar refractivity (Wildman–Crippen MR) is 118 cm³/mol. The van der Waals surface area contributed by atoms with Crippen LogP contribution in [0.3, 0.4) is 0 Å². The Bertz CT molecular complexity index is 1190. The Morgan fingerprint density at radius 1 is 1.17 bits per heavy atom. The number of rotatable bonds is 5. The molecule has 7 nitrogen and oxygen atoms in total. The largest absolute Gasteiger partial charge is 0.348 e. The zero-order chi connectivity index (χ0) is 21.3. The number of halogens is 1. The SMILES string of the molecule is CS(=O)(=O)Nc1cccc(NC(=O)C2CCN(c3nc4ccc(F)cc4s3)CC2)c1. The molecule has 2 N–H and O–H groups in total. The average molecular weight is 449 g/mol. The highest BCUT2D eigenvalue weighted by Crippen LogP contribution is 2.32. The van der Waals surface area contributed by atoms with Crippen molar-refractivity contribution in [1.29, 1.82) is 0 Å². The summed E-state index contributed by atoms with van der Waals surface area (Å²) in [5, 5.41) is 3.71. The zero-order valence-corrected chi connectivity index (χ0v) is 17.9. The summed E-state index contributed by atoms with van der Waals surface area (Å²) in [7, 11) is -3.38. The minimum absolute atomic E-state index is 0.0856. The third-order valence-electron chi connectivity index (χ3n) is 4.91. The van der Waals surface area contributed by atoms with E-state index in [1.165, 1.54) is 23.5 Å². The van der Waals surface area contributed by atoms with Gasteiger partial charge in [0.25, 0.3) is 0 Å². The van der Waals surface area contributed by atoms with Gasteiger partial charge in [-0.15, -0.1) is 0 Å². The first kappa shape index (κ1) is 20.5. The molecule has 3 aromatic rings. The molecule has 2 aromatic carbocycles. The second kappa shape index (κ2) is 8.19. The number of piperidine rings is 1. The van der Waals surface area contributed by atoms with Gasteiger partial charge >= 0.3 is 0 Å². The zero-order valence-electron chi connectivity index (χ0n) is 16.3. The van der Waals surface area contributed by atoms with Crippen LogP contribution < -0.4 is 14.9 Å². The second-order valence-electron chi connectivity index (χ2n) is 7.31. The highest BCUT2D eigenvalue weighted by Gasteiger charge is 2.26. The van der Waals surface area contributed by atoms with Gasteiger partial charge in [0.2, 0.25) is 15.9 Å². The highest BCUT2D eigenvalue weighted by atomic mass is 32.2. The molecule has 1 amide bonds. The van der Waals surface area contributed by atoms with Gasteiger partial charge in [-0.05, 0) is 49.2 Å².